The first-order chi connectivity index (χ1) is 23.0. The standard InChI is InChI=1S/C34H41NO11S2/c1-34(2,48-33(41)46-24-44-30(38)26-15-8-4-9-16-26)28(36)21-27(31(39)42-20-12-19-35-17-10-5-11-18-35)22-47-32(40)45-23-43-29(37)25-13-6-3-7-14-25/h3-4,6-9,13-16,27H,5,10-12,17-24H2,1-2H3/t27-/m0/s1. The van der Waals surface area contributed by atoms with Crippen molar-refractivity contribution in [1.82, 2.24) is 4.90 Å². The number of thioether (sulfide) groups is 2. The van der Waals surface area contributed by atoms with E-state index in [1.165, 1.54) is 20.3 Å². The van der Waals surface area contributed by atoms with Gasteiger partial charge in [0.2, 0.25) is 13.6 Å². The van der Waals surface area contributed by atoms with E-state index in [0.29, 0.717) is 35.5 Å². The molecule has 14 heteroatoms. The number of benzene rings is 2. The molecule has 0 bridgehead atoms. The highest BCUT2D eigenvalue weighted by Gasteiger charge is 2.36. The molecule has 3 rings (SSSR count). The topological polar surface area (TPSA) is 152 Å². The second kappa shape index (κ2) is 20.5. The number of piperidine rings is 1. The zero-order valence-electron chi connectivity index (χ0n) is 27.1. The zero-order chi connectivity index (χ0) is 34.8. The molecule has 0 radical (unpaired) electrons. The van der Waals surface area contributed by atoms with Crippen LogP contribution in [0.1, 0.15) is 66.7 Å². The van der Waals surface area contributed by atoms with Gasteiger partial charge in [0.25, 0.3) is 0 Å². The number of rotatable bonds is 17. The first-order valence-electron chi connectivity index (χ1n) is 15.6. The van der Waals surface area contributed by atoms with E-state index in [1.807, 2.05) is 0 Å². The molecule has 2 aromatic rings. The average molecular weight is 704 g/mol. The number of hydrogen-bond acceptors (Lipinski definition) is 14. The van der Waals surface area contributed by atoms with Gasteiger partial charge in [0.1, 0.15) is 5.78 Å². The van der Waals surface area contributed by atoms with Gasteiger partial charge in [0, 0.05) is 18.7 Å². The summed E-state index contributed by atoms with van der Waals surface area (Å²) < 4.78 is 24.0. The Hall–Kier alpha value is -3.88. The second-order valence-corrected chi connectivity index (χ2v) is 13.8. The van der Waals surface area contributed by atoms with Crippen molar-refractivity contribution in [2.75, 3.05) is 45.6 Å². The third-order valence-corrected chi connectivity index (χ3v) is 9.19. The van der Waals surface area contributed by atoms with Gasteiger partial charge in [-0.3, -0.25) is 9.59 Å². The third-order valence-electron chi connectivity index (χ3n) is 7.24. The predicted octanol–water partition coefficient (Wildman–Crippen LogP) is 6.13. The van der Waals surface area contributed by atoms with Gasteiger partial charge < -0.3 is 28.6 Å². The second-order valence-electron chi connectivity index (χ2n) is 11.3. The summed E-state index contributed by atoms with van der Waals surface area (Å²) in [7, 11) is 0. The van der Waals surface area contributed by atoms with Crippen LogP contribution < -0.4 is 0 Å². The van der Waals surface area contributed by atoms with E-state index in [9.17, 15) is 28.8 Å². The summed E-state index contributed by atoms with van der Waals surface area (Å²) in [5.74, 6) is -3.65. The molecular formula is C34H41NO11S2. The molecule has 48 heavy (non-hydrogen) atoms. The maximum atomic E-state index is 13.3. The van der Waals surface area contributed by atoms with Crippen LogP contribution >= 0.6 is 23.5 Å². The molecule has 0 spiro atoms. The molecule has 1 saturated heterocycles. The van der Waals surface area contributed by atoms with Gasteiger partial charge in [-0.05, 0) is 94.0 Å². The highest BCUT2D eigenvalue weighted by Crippen LogP contribution is 2.31. The van der Waals surface area contributed by atoms with Gasteiger partial charge in [-0.25, -0.2) is 19.2 Å². The number of nitrogens with zero attached hydrogens (tertiary/aromatic N) is 1. The lowest BCUT2D eigenvalue weighted by Crippen LogP contribution is -2.35. The minimum absolute atomic E-state index is 0.150. The molecule has 1 aliphatic heterocycles. The summed E-state index contributed by atoms with van der Waals surface area (Å²) in [6, 6.07) is 16.4. The lowest BCUT2D eigenvalue weighted by Gasteiger charge is -2.26. The monoisotopic (exact) mass is 703 g/mol. The average Bonchev–Trinajstić information content (AvgIpc) is 3.09. The number of esters is 3. The summed E-state index contributed by atoms with van der Waals surface area (Å²) in [5.41, 5.74) is 0.580. The van der Waals surface area contributed by atoms with Crippen molar-refractivity contribution in [3.05, 3.63) is 71.8 Å². The molecule has 1 atom stereocenters. The number of ketones is 1. The molecular weight excluding hydrogens is 663 g/mol. The number of ether oxygens (including phenoxy) is 5. The Morgan fingerprint density at radius 1 is 0.729 bits per heavy atom. The fourth-order valence-corrected chi connectivity index (χ4v) is 5.97. The van der Waals surface area contributed by atoms with E-state index in [1.54, 1.807) is 60.7 Å². The molecule has 0 saturated carbocycles. The number of Topliss-reactive ketones (excluding diaryl/α,β-unsaturated/α-hetero) is 1. The van der Waals surface area contributed by atoms with Crippen molar-refractivity contribution in [1.29, 1.82) is 0 Å². The normalized spacial score (nSPS) is 13.9. The summed E-state index contributed by atoms with van der Waals surface area (Å²) in [6.45, 7) is 4.68. The van der Waals surface area contributed by atoms with Gasteiger partial charge in [0.05, 0.1) is 28.4 Å². The quantitative estimate of drug-likeness (QED) is 0.0804. The molecule has 0 aromatic heterocycles. The van der Waals surface area contributed by atoms with Gasteiger partial charge >= 0.3 is 28.5 Å². The molecule has 0 N–H and O–H groups in total. The van der Waals surface area contributed by atoms with Crippen molar-refractivity contribution in [3.63, 3.8) is 0 Å². The lowest BCUT2D eigenvalue weighted by atomic mass is 9.97. The Morgan fingerprint density at radius 3 is 1.83 bits per heavy atom. The Morgan fingerprint density at radius 2 is 1.27 bits per heavy atom. The molecule has 2 aromatic carbocycles. The van der Waals surface area contributed by atoms with E-state index >= 15 is 0 Å². The summed E-state index contributed by atoms with van der Waals surface area (Å²) in [6.07, 6.45) is 3.79. The summed E-state index contributed by atoms with van der Waals surface area (Å²) >= 11 is 1.22. The molecule has 0 aliphatic carbocycles. The Kier molecular flexibility index (Phi) is 16.5. The van der Waals surface area contributed by atoms with Crippen molar-refractivity contribution >= 4 is 57.8 Å². The van der Waals surface area contributed by atoms with Crippen molar-refractivity contribution in [3.8, 4) is 0 Å². The van der Waals surface area contributed by atoms with Crippen LogP contribution in [0, 0.1) is 5.92 Å². The summed E-state index contributed by atoms with van der Waals surface area (Å²) in [5, 5.41) is -1.66. The molecule has 12 nitrogen and oxygen atoms in total. The Bertz CT molecular complexity index is 1370. The van der Waals surface area contributed by atoms with Gasteiger partial charge in [-0.15, -0.1) is 0 Å². The predicted molar refractivity (Wildman–Crippen MR) is 180 cm³/mol. The van der Waals surface area contributed by atoms with Crippen LogP contribution in [-0.2, 0) is 33.3 Å². The first-order valence-corrected chi connectivity index (χ1v) is 17.4. The Balaban J connectivity index is 1.49. The van der Waals surface area contributed by atoms with Crippen molar-refractivity contribution < 1.29 is 52.5 Å². The number of hydrogen-bond donors (Lipinski definition) is 0. The maximum Gasteiger partial charge on any atom is 0.371 e. The van der Waals surface area contributed by atoms with Crippen LogP contribution in [0.15, 0.2) is 60.7 Å². The van der Waals surface area contributed by atoms with E-state index in [0.717, 1.165) is 32.5 Å². The van der Waals surface area contributed by atoms with Crippen LogP contribution in [0.5, 0.6) is 0 Å². The highest BCUT2D eigenvalue weighted by molar-refractivity contribution is 8.15. The molecule has 0 amide bonds. The van der Waals surface area contributed by atoms with Crippen LogP contribution in [0.4, 0.5) is 9.59 Å². The fraction of sp³-hybridized carbons (Fsp3) is 0.471. The van der Waals surface area contributed by atoms with Gasteiger partial charge in [0.15, 0.2) is 0 Å². The number of likely N-dealkylation sites (tertiary alicyclic amines) is 1. The lowest BCUT2D eigenvalue weighted by molar-refractivity contribution is -0.149. The van der Waals surface area contributed by atoms with E-state index in [4.69, 9.17) is 23.7 Å². The van der Waals surface area contributed by atoms with Crippen LogP contribution in [-0.4, -0.2) is 89.5 Å². The van der Waals surface area contributed by atoms with E-state index in [-0.39, 0.29) is 24.3 Å². The van der Waals surface area contributed by atoms with E-state index < -0.39 is 58.5 Å². The SMILES string of the molecule is CC(C)(SC(=O)OCOC(=O)c1ccccc1)C(=O)C[C@@H](CSC(=O)OCOC(=O)c1ccccc1)C(=O)OCCCN1CCCCC1. The van der Waals surface area contributed by atoms with Crippen molar-refractivity contribution in [2.45, 2.75) is 50.7 Å². The van der Waals surface area contributed by atoms with Crippen LogP contribution in [0.25, 0.3) is 0 Å². The minimum Gasteiger partial charge on any atom is -0.465 e. The molecule has 1 aliphatic rings. The molecule has 0 unspecified atom stereocenters. The number of carbonyl (C=O) groups is 6. The summed E-state index contributed by atoms with van der Waals surface area (Å²) in [4.78, 5) is 77.7. The highest BCUT2D eigenvalue weighted by atomic mass is 32.2. The zero-order valence-corrected chi connectivity index (χ0v) is 28.7. The van der Waals surface area contributed by atoms with E-state index in [2.05, 4.69) is 4.90 Å². The van der Waals surface area contributed by atoms with Crippen LogP contribution in [0.3, 0.4) is 0 Å². The fourth-order valence-electron chi connectivity index (χ4n) is 4.52. The minimum atomic E-state index is -1.33. The molecule has 260 valence electrons. The smallest absolute Gasteiger partial charge is 0.371 e. The molecule has 1 heterocycles. The first kappa shape index (κ1) is 38.6. The maximum absolute atomic E-state index is 13.3. The number of carbonyl (C=O) groups excluding carboxylic acids is 6. The van der Waals surface area contributed by atoms with Gasteiger partial charge in [-0.1, -0.05) is 42.8 Å². The van der Waals surface area contributed by atoms with Crippen molar-refractivity contribution in [2.24, 2.45) is 5.92 Å². The van der Waals surface area contributed by atoms with Gasteiger partial charge in [-0.2, -0.15) is 0 Å². The largest absolute Gasteiger partial charge is 0.465 e. The Labute approximate surface area is 288 Å². The molecule has 1 fully saturated rings. The van der Waals surface area contributed by atoms with Crippen LogP contribution in [0.2, 0.25) is 0 Å². The third kappa shape index (κ3) is 14.1.